The Morgan fingerprint density at radius 2 is 1.82 bits per heavy atom. The van der Waals surface area contributed by atoms with Gasteiger partial charge in [0.2, 0.25) is 15.9 Å². The van der Waals surface area contributed by atoms with Crippen molar-refractivity contribution in [1.82, 2.24) is 14.5 Å². The van der Waals surface area contributed by atoms with Crippen LogP contribution in [0.4, 0.5) is 0 Å². The van der Waals surface area contributed by atoms with Crippen molar-refractivity contribution in [2.45, 2.75) is 44.0 Å². The summed E-state index contributed by atoms with van der Waals surface area (Å²) in [6.07, 6.45) is 3.44. The maximum absolute atomic E-state index is 12.8. The van der Waals surface area contributed by atoms with E-state index in [2.05, 4.69) is 19.2 Å². The fourth-order valence-corrected chi connectivity index (χ4v) is 6.08. The molecule has 1 heterocycles. The summed E-state index contributed by atoms with van der Waals surface area (Å²) in [4.78, 5) is 14.6. The van der Waals surface area contributed by atoms with Gasteiger partial charge < -0.3 is 5.32 Å². The third-order valence-electron chi connectivity index (χ3n) is 6.21. The second-order valence-corrected chi connectivity index (χ2v) is 10.4. The lowest BCUT2D eigenvalue weighted by Crippen LogP contribution is -2.52. The number of sulfonamides is 1. The highest BCUT2D eigenvalue weighted by molar-refractivity contribution is 7.89. The SMILES string of the molecule is C[C@@H]1[C@@H](C)CCC[C@H]1NC(=O)CN1CCN(S(=O)(=O)c2ccccc2Cl)CC1. The van der Waals surface area contributed by atoms with Crippen molar-refractivity contribution < 1.29 is 13.2 Å². The topological polar surface area (TPSA) is 69.7 Å². The number of nitrogens with one attached hydrogen (secondary N) is 1. The maximum Gasteiger partial charge on any atom is 0.244 e. The molecule has 1 aliphatic heterocycles. The Morgan fingerprint density at radius 3 is 2.50 bits per heavy atom. The van der Waals surface area contributed by atoms with E-state index in [-0.39, 0.29) is 21.9 Å². The van der Waals surface area contributed by atoms with Gasteiger partial charge in [-0.15, -0.1) is 0 Å². The quantitative estimate of drug-likeness (QED) is 0.784. The molecule has 6 nitrogen and oxygen atoms in total. The molecular weight excluding hydrogens is 398 g/mol. The number of carbonyl (C=O) groups excluding carboxylic acids is 1. The van der Waals surface area contributed by atoms with Gasteiger partial charge in [0.05, 0.1) is 11.6 Å². The number of carbonyl (C=O) groups is 1. The van der Waals surface area contributed by atoms with E-state index in [0.717, 1.165) is 12.8 Å². The van der Waals surface area contributed by atoms with Gasteiger partial charge in [0.25, 0.3) is 0 Å². The minimum atomic E-state index is -3.61. The highest BCUT2D eigenvalue weighted by Gasteiger charge is 2.32. The van der Waals surface area contributed by atoms with Crippen molar-refractivity contribution in [1.29, 1.82) is 0 Å². The van der Waals surface area contributed by atoms with Crippen LogP contribution in [0, 0.1) is 11.8 Å². The van der Waals surface area contributed by atoms with Crippen LogP contribution < -0.4 is 5.32 Å². The molecule has 0 bridgehead atoms. The monoisotopic (exact) mass is 427 g/mol. The molecule has 0 unspecified atom stereocenters. The number of nitrogens with zero attached hydrogens (tertiary/aromatic N) is 2. The summed E-state index contributed by atoms with van der Waals surface area (Å²) in [6.45, 7) is 6.57. The van der Waals surface area contributed by atoms with Crippen molar-refractivity contribution in [2.75, 3.05) is 32.7 Å². The highest BCUT2D eigenvalue weighted by Crippen LogP contribution is 2.29. The average Bonchev–Trinajstić information content (AvgIpc) is 2.66. The van der Waals surface area contributed by atoms with Crippen molar-refractivity contribution >= 4 is 27.5 Å². The van der Waals surface area contributed by atoms with Gasteiger partial charge in [0.15, 0.2) is 0 Å². The summed E-state index contributed by atoms with van der Waals surface area (Å²) < 4.78 is 27.1. The number of amides is 1. The molecular formula is C20H30ClN3O3S. The summed E-state index contributed by atoms with van der Waals surface area (Å²) >= 11 is 6.07. The first-order valence-electron chi connectivity index (χ1n) is 10.1. The second kappa shape index (κ2) is 9.11. The Balaban J connectivity index is 1.51. The first-order valence-corrected chi connectivity index (χ1v) is 11.9. The zero-order valence-corrected chi connectivity index (χ0v) is 18.2. The lowest BCUT2D eigenvalue weighted by Gasteiger charge is -2.36. The van der Waals surface area contributed by atoms with Crippen LogP contribution in [0.5, 0.6) is 0 Å². The molecule has 1 aliphatic carbocycles. The molecule has 0 radical (unpaired) electrons. The summed E-state index contributed by atoms with van der Waals surface area (Å²) in [7, 11) is -3.61. The molecule has 1 saturated heterocycles. The van der Waals surface area contributed by atoms with Crippen molar-refractivity contribution in [3.05, 3.63) is 29.3 Å². The molecule has 3 atom stereocenters. The van der Waals surface area contributed by atoms with Crippen LogP contribution in [0.15, 0.2) is 29.2 Å². The lowest BCUT2D eigenvalue weighted by atomic mass is 9.78. The summed E-state index contributed by atoms with van der Waals surface area (Å²) in [5.74, 6) is 1.17. The summed E-state index contributed by atoms with van der Waals surface area (Å²) in [5, 5.41) is 3.43. The number of hydrogen-bond donors (Lipinski definition) is 1. The molecule has 0 spiro atoms. The van der Waals surface area contributed by atoms with E-state index in [1.54, 1.807) is 18.2 Å². The van der Waals surface area contributed by atoms with E-state index < -0.39 is 10.0 Å². The fourth-order valence-electron chi connectivity index (χ4n) is 4.16. The van der Waals surface area contributed by atoms with Crippen molar-refractivity contribution in [3.8, 4) is 0 Å². The molecule has 2 aliphatic rings. The van der Waals surface area contributed by atoms with Crippen LogP contribution in [0.3, 0.4) is 0 Å². The standard InChI is InChI=1S/C20H30ClN3O3S/c1-15-6-5-8-18(16(15)2)22-20(25)14-23-10-12-24(13-11-23)28(26,27)19-9-4-3-7-17(19)21/h3-4,7,9,15-16,18H,5-6,8,10-14H2,1-2H3,(H,22,25)/t15-,16+,18+/m0/s1. The second-order valence-electron chi connectivity index (χ2n) is 8.05. The lowest BCUT2D eigenvalue weighted by molar-refractivity contribution is -0.124. The molecule has 1 aromatic carbocycles. The predicted molar refractivity (Wildman–Crippen MR) is 111 cm³/mol. The normalized spacial score (nSPS) is 27.5. The molecule has 1 N–H and O–H groups in total. The number of rotatable bonds is 5. The van der Waals surface area contributed by atoms with E-state index in [4.69, 9.17) is 11.6 Å². The number of halogens is 1. The summed E-state index contributed by atoms with van der Waals surface area (Å²) in [5.41, 5.74) is 0. The van der Waals surface area contributed by atoms with Crippen molar-refractivity contribution in [3.63, 3.8) is 0 Å². The Morgan fingerprint density at radius 1 is 1.14 bits per heavy atom. The van der Waals surface area contributed by atoms with E-state index >= 15 is 0 Å². The third kappa shape index (κ3) is 4.87. The average molecular weight is 428 g/mol. The maximum atomic E-state index is 12.8. The molecule has 2 fully saturated rings. The molecule has 0 aromatic heterocycles. The number of benzene rings is 1. The van der Waals surface area contributed by atoms with Gasteiger partial charge in [-0.05, 0) is 30.4 Å². The Hall–Kier alpha value is -1.15. The number of hydrogen-bond acceptors (Lipinski definition) is 4. The largest absolute Gasteiger partial charge is 0.352 e. The van der Waals surface area contributed by atoms with Crippen LogP contribution in [-0.2, 0) is 14.8 Å². The smallest absolute Gasteiger partial charge is 0.244 e. The molecule has 1 saturated carbocycles. The van der Waals surface area contributed by atoms with E-state index in [0.29, 0.717) is 44.6 Å². The van der Waals surface area contributed by atoms with Crippen LogP contribution >= 0.6 is 11.6 Å². The molecule has 28 heavy (non-hydrogen) atoms. The minimum absolute atomic E-state index is 0.0355. The minimum Gasteiger partial charge on any atom is -0.352 e. The van der Waals surface area contributed by atoms with Gasteiger partial charge in [-0.25, -0.2) is 8.42 Å². The van der Waals surface area contributed by atoms with Crippen molar-refractivity contribution in [2.24, 2.45) is 11.8 Å². The fraction of sp³-hybridized carbons (Fsp3) is 0.650. The van der Waals surface area contributed by atoms with Gasteiger partial charge in [0.1, 0.15) is 4.90 Å². The first-order chi connectivity index (χ1) is 13.3. The molecule has 156 valence electrons. The van der Waals surface area contributed by atoms with Crippen LogP contribution in [0.2, 0.25) is 5.02 Å². The number of piperazine rings is 1. The van der Waals surface area contributed by atoms with Crippen LogP contribution in [0.25, 0.3) is 0 Å². The van der Waals surface area contributed by atoms with Gasteiger partial charge in [-0.2, -0.15) is 4.31 Å². The van der Waals surface area contributed by atoms with Gasteiger partial charge in [0, 0.05) is 32.2 Å². The van der Waals surface area contributed by atoms with Crippen LogP contribution in [-0.4, -0.2) is 62.3 Å². The Kier molecular flexibility index (Phi) is 7.02. The molecule has 1 amide bonds. The molecule has 1 aromatic rings. The Labute approximate surface area is 173 Å². The van der Waals surface area contributed by atoms with E-state index in [1.165, 1.54) is 16.8 Å². The molecule has 8 heteroatoms. The third-order valence-corrected chi connectivity index (χ3v) is 8.60. The molecule has 3 rings (SSSR count). The zero-order chi connectivity index (χ0) is 20.3. The Bertz CT molecular complexity index is 794. The highest BCUT2D eigenvalue weighted by atomic mass is 35.5. The van der Waals surface area contributed by atoms with Gasteiger partial charge in [-0.1, -0.05) is 50.4 Å². The van der Waals surface area contributed by atoms with E-state index in [9.17, 15) is 13.2 Å². The summed E-state index contributed by atoms with van der Waals surface area (Å²) in [6, 6.07) is 6.75. The first kappa shape index (κ1) is 21.6. The van der Waals surface area contributed by atoms with Crippen LogP contribution in [0.1, 0.15) is 33.1 Å². The predicted octanol–water partition coefficient (Wildman–Crippen LogP) is 2.59. The zero-order valence-electron chi connectivity index (χ0n) is 16.6. The van der Waals surface area contributed by atoms with Gasteiger partial charge >= 0.3 is 0 Å². The van der Waals surface area contributed by atoms with E-state index in [1.807, 2.05) is 4.90 Å². The van der Waals surface area contributed by atoms with Gasteiger partial charge in [-0.3, -0.25) is 9.69 Å².